The summed E-state index contributed by atoms with van der Waals surface area (Å²) >= 11 is 0. The number of hydrogen-bond acceptors (Lipinski definition) is 4. The molecule has 1 aromatic heterocycles. The van der Waals surface area contributed by atoms with E-state index in [9.17, 15) is 13.2 Å². The van der Waals surface area contributed by atoms with E-state index in [-0.39, 0.29) is 6.04 Å². The molecule has 9 heteroatoms. The van der Waals surface area contributed by atoms with Gasteiger partial charge in [-0.05, 0) is 44.0 Å². The molecule has 0 amide bonds. The highest BCUT2D eigenvalue weighted by molar-refractivity contribution is 5.74. The number of aromatic nitrogens is 2. The number of fused-ring (bicyclic) bond motifs is 1. The van der Waals surface area contributed by atoms with E-state index in [0.717, 1.165) is 42.8 Å². The minimum absolute atomic E-state index is 0.0319. The first kappa shape index (κ1) is 18.2. The first-order valence-electron chi connectivity index (χ1n) is 7.50. The number of aromatic amines is 1. The Kier molecular flexibility index (Phi) is 5.79. The molecule has 1 aliphatic rings. The maximum atomic E-state index is 10.6. The zero-order valence-electron chi connectivity index (χ0n) is 12.8. The summed E-state index contributed by atoms with van der Waals surface area (Å²) in [5.41, 5.74) is 8.39. The van der Waals surface area contributed by atoms with Crippen molar-refractivity contribution in [3.05, 3.63) is 30.1 Å². The molecule has 2 aromatic rings. The van der Waals surface area contributed by atoms with Gasteiger partial charge in [0.05, 0.1) is 17.1 Å². The number of nitrogens with two attached hydrogens (primary N) is 1. The van der Waals surface area contributed by atoms with Crippen LogP contribution in [0.5, 0.6) is 0 Å². The van der Waals surface area contributed by atoms with Crippen molar-refractivity contribution in [2.24, 2.45) is 11.7 Å². The summed E-state index contributed by atoms with van der Waals surface area (Å²) in [4.78, 5) is 16.8. The summed E-state index contributed by atoms with van der Waals surface area (Å²) in [5, 5.41) is 10.5. The monoisotopic (exact) mass is 344 g/mol. The number of carboxylic acid groups (broad SMARTS) is 1. The molecule has 1 aromatic carbocycles. The maximum absolute atomic E-state index is 10.6. The van der Waals surface area contributed by atoms with E-state index in [1.165, 1.54) is 0 Å². The molecule has 1 fully saturated rings. The molecular weight excluding hydrogens is 325 g/mol. The molecule has 6 nitrogen and oxygen atoms in total. The molecule has 5 N–H and O–H groups in total. The molecule has 2 heterocycles. The number of rotatable bonds is 2. The van der Waals surface area contributed by atoms with Gasteiger partial charge in [0.15, 0.2) is 0 Å². The first-order chi connectivity index (χ1) is 11.3. The molecule has 0 aliphatic carbocycles. The second kappa shape index (κ2) is 7.63. The number of carboxylic acids is 1. The fourth-order valence-corrected chi connectivity index (χ4v) is 2.56. The van der Waals surface area contributed by atoms with Crippen molar-refractivity contribution in [2.75, 3.05) is 13.1 Å². The van der Waals surface area contributed by atoms with Crippen molar-refractivity contribution in [3.8, 4) is 0 Å². The lowest BCUT2D eigenvalue weighted by Gasteiger charge is -2.26. The molecule has 132 valence electrons. The molecule has 1 atom stereocenters. The number of H-pyrrole nitrogens is 1. The van der Waals surface area contributed by atoms with Crippen LogP contribution in [0.25, 0.3) is 11.0 Å². The highest BCUT2D eigenvalue weighted by atomic mass is 19.4. The van der Waals surface area contributed by atoms with Gasteiger partial charge in [-0.3, -0.25) is 0 Å². The molecule has 24 heavy (non-hydrogen) atoms. The third-order valence-corrected chi connectivity index (χ3v) is 3.86. The summed E-state index contributed by atoms with van der Waals surface area (Å²) in [5.74, 6) is -1.29. The zero-order valence-corrected chi connectivity index (χ0v) is 12.8. The summed E-state index contributed by atoms with van der Waals surface area (Å²) < 4.78 is 31.7. The second-order valence-corrected chi connectivity index (χ2v) is 5.56. The number of nitrogens with zero attached hydrogens (tertiary/aromatic N) is 1. The Morgan fingerprint density at radius 3 is 2.42 bits per heavy atom. The number of nitrogens with one attached hydrogen (secondary N) is 2. The van der Waals surface area contributed by atoms with E-state index in [2.05, 4.69) is 15.3 Å². The summed E-state index contributed by atoms with van der Waals surface area (Å²) in [6, 6.07) is 8.11. The van der Waals surface area contributed by atoms with Crippen LogP contribution in [0, 0.1) is 5.92 Å². The standard InChI is InChI=1S/C13H18N4.C2HF3O2/c14-12(9-5-7-15-8-6-9)13-16-10-3-1-2-4-11(10)17-13;3-2(4,5)1(6)7/h1-4,9,12,15H,5-8,14H2,(H,16,17);(H,6,7). The third-order valence-electron chi connectivity index (χ3n) is 3.86. The van der Waals surface area contributed by atoms with Crippen LogP contribution < -0.4 is 11.1 Å². The van der Waals surface area contributed by atoms with Crippen LogP contribution in [0.4, 0.5) is 13.2 Å². The number of para-hydroxylation sites is 2. The van der Waals surface area contributed by atoms with Crippen molar-refractivity contribution in [2.45, 2.75) is 25.1 Å². The maximum Gasteiger partial charge on any atom is 0.490 e. The van der Waals surface area contributed by atoms with Gasteiger partial charge in [-0.25, -0.2) is 9.78 Å². The molecule has 1 unspecified atom stereocenters. The highest BCUT2D eigenvalue weighted by Crippen LogP contribution is 2.26. The first-order valence-corrected chi connectivity index (χ1v) is 7.50. The van der Waals surface area contributed by atoms with Gasteiger partial charge >= 0.3 is 12.1 Å². The largest absolute Gasteiger partial charge is 0.490 e. The fraction of sp³-hybridized carbons (Fsp3) is 0.467. The van der Waals surface area contributed by atoms with Crippen LogP contribution >= 0.6 is 0 Å². The van der Waals surface area contributed by atoms with Crippen molar-refractivity contribution in [1.29, 1.82) is 0 Å². The topological polar surface area (TPSA) is 104 Å². The number of halogens is 3. The Balaban J connectivity index is 0.000000256. The number of carbonyl (C=O) groups is 1. The summed E-state index contributed by atoms with van der Waals surface area (Å²) in [7, 11) is 0. The van der Waals surface area contributed by atoms with Crippen LogP contribution in [0.15, 0.2) is 24.3 Å². The van der Waals surface area contributed by atoms with E-state index < -0.39 is 12.1 Å². The van der Waals surface area contributed by atoms with E-state index >= 15 is 0 Å². The highest BCUT2D eigenvalue weighted by Gasteiger charge is 2.38. The Labute approximate surface area is 136 Å². The Morgan fingerprint density at radius 1 is 1.29 bits per heavy atom. The average molecular weight is 344 g/mol. The Bertz CT molecular complexity index is 648. The number of aliphatic carboxylic acids is 1. The lowest BCUT2D eigenvalue weighted by molar-refractivity contribution is -0.192. The SMILES string of the molecule is NC(c1nc2ccccc2[nH]1)C1CCNCC1.O=C(O)C(F)(F)F. The number of benzene rings is 1. The number of imidazole rings is 1. The molecule has 3 rings (SSSR count). The van der Waals surface area contributed by atoms with Gasteiger partial charge in [0, 0.05) is 0 Å². The van der Waals surface area contributed by atoms with Crippen molar-refractivity contribution in [3.63, 3.8) is 0 Å². The van der Waals surface area contributed by atoms with E-state index in [1.807, 2.05) is 24.3 Å². The van der Waals surface area contributed by atoms with Crippen molar-refractivity contribution >= 4 is 17.0 Å². The van der Waals surface area contributed by atoms with Gasteiger partial charge < -0.3 is 21.1 Å². The van der Waals surface area contributed by atoms with Gasteiger partial charge in [-0.1, -0.05) is 12.1 Å². The molecule has 0 saturated carbocycles. The summed E-state index contributed by atoms with van der Waals surface area (Å²) in [6.07, 6.45) is -2.81. The quantitative estimate of drug-likeness (QED) is 0.669. The lowest BCUT2D eigenvalue weighted by atomic mass is 9.90. The predicted octanol–water partition coefficient (Wildman–Crippen LogP) is 2.20. The van der Waals surface area contributed by atoms with E-state index in [0.29, 0.717) is 5.92 Å². The fourth-order valence-electron chi connectivity index (χ4n) is 2.56. The van der Waals surface area contributed by atoms with Crippen LogP contribution in [-0.4, -0.2) is 40.3 Å². The molecule has 0 radical (unpaired) electrons. The molecule has 0 spiro atoms. The average Bonchev–Trinajstić information content (AvgIpc) is 2.98. The van der Waals surface area contributed by atoms with Crippen LogP contribution in [-0.2, 0) is 4.79 Å². The Hall–Kier alpha value is -2.13. The minimum Gasteiger partial charge on any atom is -0.475 e. The second-order valence-electron chi connectivity index (χ2n) is 5.56. The van der Waals surface area contributed by atoms with E-state index in [4.69, 9.17) is 15.6 Å². The molecule has 1 saturated heterocycles. The van der Waals surface area contributed by atoms with Gasteiger partial charge in [0.25, 0.3) is 0 Å². The van der Waals surface area contributed by atoms with Crippen LogP contribution in [0.2, 0.25) is 0 Å². The van der Waals surface area contributed by atoms with Crippen LogP contribution in [0.1, 0.15) is 24.7 Å². The lowest BCUT2D eigenvalue weighted by Crippen LogP contribution is -2.34. The van der Waals surface area contributed by atoms with E-state index in [1.54, 1.807) is 0 Å². The zero-order chi connectivity index (χ0) is 17.7. The molecular formula is C15H19F3N4O2. The Morgan fingerprint density at radius 2 is 1.88 bits per heavy atom. The molecule has 0 bridgehead atoms. The van der Waals surface area contributed by atoms with Crippen LogP contribution in [0.3, 0.4) is 0 Å². The number of piperidine rings is 1. The summed E-state index contributed by atoms with van der Waals surface area (Å²) in [6.45, 7) is 2.14. The van der Waals surface area contributed by atoms with Crippen molar-refractivity contribution in [1.82, 2.24) is 15.3 Å². The number of alkyl halides is 3. The van der Waals surface area contributed by atoms with Gasteiger partial charge in [0.1, 0.15) is 5.82 Å². The van der Waals surface area contributed by atoms with Gasteiger partial charge in [0.2, 0.25) is 0 Å². The predicted molar refractivity (Wildman–Crippen MR) is 82.3 cm³/mol. The smallest absolute Gasteiger partial charge is 0.475 e. The third kappa shape index (κ3) is 4.68. The van der Waals surface area contributed by atoms with Gasteiger partial charge in [-0.15, -0.1) is 0 Å². The van der Waals surface area contributed by atoms with Gasteiger partial charge in [-0.2, -0.15) is 13.2 Å². The van der Waals surface area contributed by atoms with Crippen molar-refractivity contribution < 1.29 is 23.1 Å². The number of hydrogen-bond donors (Lipinski definition) is 4. The minimum atomic E-state index is -5.08. The molecule has 1 aliphatic heterocycles. The normalized spacial score (nSPS) is 17.2.